The number of carbonyl (C=O) groups excluding carboxylic acids is 1. The van der Waals surface area contributed by atoms with Gasteiger partial charge in [-0.1, -0.05) is 48.2 Å². The van der Waals surface area contributed by atoms with E-state index in [1.165, 1.54) is 16.4 Å². The third kappa shape index (κ3) is 4.05. The predicted molar refractivity (Wildman–Crippen MR) is 97.4 cm³/mol. The number of anilines is 1. The molecule has 7 heteroatoms. The lowest BCUT2D eigenvalue weighted by Crippen LogP contribution is -2.34. The van der Waals surface area contributed by atoms with E-state index < -0.39 is 5.95 Å². The van der Waals surface area contributed by atoms with Gasteiger partial charge in [0.2, 0.25) is 11.6 Å². The van der Waals surface area contributed by atoms with E-state index in [2.05, 4.69) is 10.6 Å². The molecule has 0 radical (unpaired) electrons. The first-order valence-electron chi connectivity index (χ1n) is 8.19. The number of benzene rings is 2. The number of aryl methyl sites for hydroxylation is 2. The summed E-state index contributed by atoms with van der Waals surface area (Å²) in [5.41, 5.74) is 3.62. The van der Waals surface area contributed by atoms with Crippen LogP contribution in [0.3, 0.4) is 0 Å². The van der Waals surface area contributed by atoms with E-state index in [0.717, 1.165) is 22.5 Å². The molecule has 134 valence electrons. The highest BCUT2D eigenvalue weighted by atomic mass is 32.2. The molecule has 0 saturated carbocycles. The van der Waals surface area contributed by atoms with Crippen molar-refractivity contribution < 1.29 is 19.1 Å². The molecule has 0 aliphatic carbocycles. The summed E-state index contributed by atoms with van der Waals surface area (Å²) in [6.07, 6.45) is 0.276. The molecule has 0 aliphatic rings. The summed E-state index contributed by atoms with van der Waals surface area (Å²) in [6, 6.07) is 15.1. The average molecular weight is 369 g/mol. The standard InChI is InChI=1S/C19H19N3O3S/c1-13-7-6-8-14(2)17(13)20-16(23)11-12-26-18-19(24)25-21-22(18)15-9-4-3-5-10-15/h3-10H,11-12H2,1-2H3,(H-,20,21,23,24). The first-order valence-corrected chi connectivity index (χ1v) is 9.18. The Kier molecular flexibility index (Phi) is 5.58. The Bertz CT molecular complexity index is 889. The zero-order valence-electron chi connectivity index (χ0n) is 14.6. The normalized spacial score (nSPS) is 10.7. The van der Waals surface area contributed by atoms with Crippen LogP contribution in [-0.4, -0.2) is 16.9 Å². The highest BCUT2D eigenvalue weighted by molar-refractivity contribution is 7.99. The number of nitrogens with one attached hydrogen (secondary N) is 1. The number of para-hydroxylation sites is 2. The van der Waals surface area contributed by atoms with E-state index in [1.807, 2.05) is 62.4 Å². The van der Waals surface area contributed by atoms with Gasteiger partial charge < -0.3 is 14.9 Å². The van der Waals surface area contributed by atoms with Gasteiger partial charge in [-0.2, -0.15) is 0 Å². The maximum Gasteiger partial charge on any atom is 0.297 e. The van der Waals surface area contributed by atoms with Crippen LogP contribution < -0.4 is 15.1 Å². The van der Waals surface area contributed by atoms with Crippen molar-refractivity contribution in [3.63, 3.8) is 0 Å². The molecule has 3 aromatic rings. The third-order valence-corrected chi connectivity index (χ3v) is 4.91. The number of rotatable bonds is 6. The van der Waals surface area contributed by atoms with Crippen LogP contribution in [0, 0.1) is 13.8 Å². The van der Waals surface area contributed by atoms with Crippen molar-refractivity contribution >= 4 is 23.4 Å². The summed E-state index contributed by atoms with van der Waals surface area (Å²) >= 11 is 1.26. The van der Waals surface area contributed by atoms with Crippen LogP contribution in [0.1, 0.15) is 17.5 Å². The molecular weight excluding hydrogens is 350 g/mol. The summed E-state index contributed by atoms with van der Waals surface area (Å²) in [5.74, 6) is -0.154. The quantitative estimate of drug-likeness (QED) is 0.534. The zero-order valence-corrected chi connectivity index (χ0v) is 15.4. The van der Waals surface area contributed by atoms with Crippen LogP contribution in [0.5, 0.6) is 5.95 Å². The number of hydrogen-bond donors (Lipinski definition) is 1. The van der Waals surface area contributed by atoms with E-state index in [9.17, 15) is 9.90 Å². The van der Waals surface area contributed by atoms with Gasteiger partial charge in [0.1, 0.15) is 0 Å². The van der Waals surface area contributed by atoms with Gasteiger partial charge in [0.25, 0.3) is 5.03 Å². The fourth-order valence-electron chi connectivity index (χ4n) is 2.55. The van der Waals surface area contributed by atoms with Gasteiger partial charge in [-0.3, -0.25) is 4.79 Å². The second-order valence-electron chi connectivity index (χ2n) is 5.83. The molecule has 1 amide bonds. The molecule has 0 saturated heterocycles. The smallest absolute Gasteiger partial charge is 0.297 e. The molecule has 0 atom stereocenters. The highest BCUT2D eigenvalue weighted by Gasteiger charge is 2.21. The summed E-state index contributed by atoms with van der Waals surface area (Å²) in [4.78, 5) is 12.2. The molecular formula is C19H19N3O3S. The van der Waals surface area contributed by atoms with Crippen molar-refractivity contribution in [1.82, 2.24) is 5.27 Å². The average Bonchev–Trinajstić information content (AvgIpc) is 3.00. The lowest BCUT2D eigenvalue weighted by molar-refractivity contribution is -0.705. The van der Waals surface area contributed by atoms with Gasteiger partial charge in [0, 0.05) is 30.0 Å². The number of carbonyl (C=O) groups is 1. The minimum Gasteiger partial charge on any atom is -0.538 e. The second-order valence-corrected chi connectivity index (χ2v) is 6.91. The van der Waals surface area contributed by atoms with E-state index in [0.29, 0.717) is 10.8 Å². The van der Waals surface area contributed by atoms with Gasteiger partial charge in [0.15, 0.2) is 5.95 Å². The van der Waals surface area contributed by atoms with Crippen LogP contribution in [-0.2, 0) is 4.79 Å². The van der Waals surface area contributed by atoms with Crippen molar-refractivity contribution in [2.24, 2.45) is 0 Å². The van der Waals surface area contributed by atoms with E-state index in [-0.39, 0.29) is 12.3 Å². The number of hydrogen-bond acceptors (Lipinski definition) is 5. The molecule has 0 fully saturated rings. The number of amides is 1. The lowest BCUT2D eigenvalue weighted by atomic mass is 10.1. The minimum atomic E-state index is -0.506. The van der Waals surface area contributed by atoms with Crippen molar-refractivity contribution in [2.75, 3.05) is 11.1 Å². The Morgan fingerprint density at radius 2 is 1.85 bits per heavy atom. The van der Waals surface area contributed by atoms with Gasteiger partial charge in [0.05, 0.1) is 5.27 Å². The van der Waals surface area contributed by atoms with Gasteiger partial charge in [-0.05, 0) is 29.7 Å². The SMILES string of the molecule is Cc1cccc(C)c1NC(=O)CCSc1c([O-])on[n+]1-c1ccccc1. The monoisotopic (exact) mass is 369 g/mol. The number of aromatic nitrogens is 2. The van der Waals surface area contributed by atoms with E-state index in [4.69, 9.17) is 4.52 Å². The summed E-state index contributed by atoms with van der Waals surface area (Å²) in [7, 11) is 0. The van der Waals surface area contributed by atoms with E-state index >= 15 is 0 Å². The molecule has 1 heterocycles. The Hall–Kier alpha value is -2.80. The van der Waals surface area contributed by atoms with Crippen molar-refractivity contribution in [3.05, 3.63) is 59.7 Å². The molecule has 0 spiro atoms. The number of thioether (sulfide) groups is 1. The van der Waals surface area contributed by atoms with Gasteiger partial charge in [-0.15, -0.1) is 0 Å². The summed E-state index contributed by atoms with van der Waals surface area (Å²) in [6.45, 7) is 3.92. The highest BCUT2D eigenvalue weighted by Crippen LogP contribution is 2.24. The Labute approximate surface area is 155 Å². The molecule has 3 rings (SSSR count). The Balaban J connectivity index is 1.62. The van der Waals surface area contributed by atoms with Crippen LogP contribution >= 0.6 is 11.8 Å². The predicted octanol–water partition coefficient (Wildman–Crippen LogP) is 2.76. The van der Waals surface area contributed by atoms with Crippen LogP contribution in [0.2, 0.25) is 0 Å². The van der Waals surface area contributed by atoms with E-state index in [1.54, 1.807) is 0 Å². The minimum absolute atomic E-state index is 0.0925. The largest absolute Gasteiger partial charge is 0.538 e. The maximum atomic E-state index is 12.2. The molecule has 1 aromatic heterocycles. The molecule has 0 bridgehead atoms. The maximum absolute atomic E-state index is 12.2. The first-order chi connectivity index (χ1) is 12.6. The van der Waals surface area contributed by atoms with Crippen molar-refractivity contribution in [1.29, 1.82) is 0 Å². The molecule has 0 unspecified atom stereocenters. The summed E-state index contributed by atoms with van der Waals surface area (Å²) in [5, 5.41) is 19.0. The zero-order chi connectivity index (χ0) is 18.5. The fourth-order valence-corrected chi connectivity index (χ4v) is 3.45. The van der Waals surface area contributed by atoms with Crippen LogP contribution in [0.25, 0.3) is 5.69 Å². The second kappa shape index (κ2) is 8.05. The molecule has 0 aliphatic heterocycles. The Morgan fingerprint density at radius 3 is 2.54 bits per heavy atom. The molecule has 1 N–H and O–H groups in total. The molecule has 26 heavy (non-hydrogen) atoms. The van der Waals surface area contributed by atoms with Gasteiger partial charge in [-0.25, -0.2) is 0 Å². The van der Waals surface area contributed by atoms with Gasteiger partial charge >= 0.3 is 0 Å². The lowest BCUT2D eigenvalue weighted by Gasteiger charge is -2.11. The third-order valence-electron chi connectivity index (χ3n) is 3.89. The topological polar surface area (TPSA) is 82.1 Å². The fraction of sp³-hybridized carbons (Fsp3) is 0.211. The molecule has 6 nitrogen and oxygen atoms in total. The summed E-state index contributed by atoms with van der Waals surface area (Å²) < 4.78 is 6.23. The van der Waals surface area contributed by atoms with Crippen LogP contribution in [0.4, 0.5) is 5.69 Å². The number of nitrogens with zero attached hydrogens (tertiary/aromatic N) is 2. The van der Waals surface area contributed by atoms with Crippen LogP contribution in [0.15, 0.2) is 58.1 Å². The Morgan fingerprint density at radius 1 is 1.15 bits per heavy atom. The first kappa shape index (κ1) is 18.0. The molecule has 2 aromatic carbocycles. The van der Waals surface area contributed by atoms with Crippen molar-refractivity contribution in [2.45, 2.75) is 25.3 Å². The van der Waals surface area contributed by atoms with Crippen molar-refractivity contribution in [3.8, 4) is 11.6 Å².